The van der Waals surface area contributed by atoms with Gasteiger partial charge in [-0.2, -0.15) is 8.78 Å². The molecule has 0 fully saturated rings. The van der Waals surface area contributed by atoms with E-state index >= 15 is 0 Å². The Morgan fingerprint density at radius 2 is 2.12 bits per heavy atom. The molecule has 1 rings (SSSR count). The zero-order chi connectivity index (χ0) is 12.9. The van der Waals surface area contributed by atoms with Crippen molar-refractivity contribution in [3.05, 3.63) is 35.4 Å². The molecule has 1 aromatic rings. The first-order valence-corrected chi connectivity index (χ1v) is 5.03. The van der Waals surface area contributed by atoms with Crippen LogP contribution < -0.4 is 0 Å². The molecule has 0 aliphatic heterocycles. The predicted molar refractivity (Wildman–Crippen MR) is 58.1 cm³/mol. The molecular weight excluding hydrogens is 230 g/mol. The minimum atomic E-state index is -3.36. The number of hydrogen-bond donors (Lipinski definition) is 0. The van der Waals surface area contributed by atoms with Gasteiger partial charge < -0.3 is 9.47 Å². The van der Waals surface area contributed by atoms with Crippen LogP contribution in [-0.2, 0) is 16.1 Å². The van der Waals surface area contributed by atoms with Crippen molar-refractivity contribution in [1.82, 2.24) is 0 Å². The standard InChI is InChI=1S/C12H14F2O3/c1-12(13,14)11(15)10-5-3-4-9(6-10)7-17-8-16-2/h3-6H,7-8H2,1-2H3. The SMILES string of the molecule is COCOCc1cccc(C(=O)C(C)(F)F)c1. The Kier molecular flexibility index (Phi) is 4.72. The van der Waals surface area contributed by atoms with Gasteiger partial charge in [-0.15, -0.1) is 0 Å². The molecule has 5 heteroatoms. The van der Waals surface area contributed by atoms with Crippen molar-refractivity contribution < 1.29 is 23.0 Å². The first-order valence-electron chi connectivity index (χ1n) is 5.03. The van der Waals surface area contributed by atoms with Crippen LogP contribution in [0.25, 0.3) is 0 Å². The second-order valence-corrected chi connectivity index (χ2v) is 3.67. The Labute approximate surface area is 98.3 Å². The number of hydrogen-bond acceptors (Lipinski definition) is 3. The lowest BCUT2D eigenvalue weighted by Crippen LogP contribution is -2.24. The van der Waals surface area contributed by atoms with Crippen molar-refractivity contribution in [3.8, 4) is 0 Å². The quantitative estimate of drug-likeness (QED) is 0.438. The van der Waals surface area contributed by atoms with Gasteiger partial charge in [0.1, 0.15) is 6.79 Å². The van der Waals surface area contributed by atoms with E-state index in [1.807, 2.05) is 0 Å². The Bertz CT molecular complexity index is 386. The molecule has 0 saturated heterocycles. The fraction of sp³-hybridized carbons (Fsp3) is 0.417. The summed E-state index contributed by atoms with van der Waals surface area (Å²) < 4.78 is 35.4. The normalized spacial score (nSPS) is 11.5. The van der Waals surface area contributed by atoms with Crippen molar-refractivity contribution in [3.63, 3.8) is 0 Å². The lowest BCUT2D eigenvalue weighted by atomic mass is 10.0. The third-order valence-electron chi connectivity index (χ3n) is 2.06. The molecule has 0 aliphatic carbocycles. The molecule has 0 N–H and O–H groups in total. The summed E-state index contributed by atoms with van der Waals surface area (Å²) >= 11 is 0. The Balaban J connectivity index is 2.75. The fourth-order valence-electron chi connectivity index (χ4n) is 1.30. The van der Waals surface area contributed by atoms with Crippen molar-refractivity contribution in [2.24, 2.45) is 0 Å². The number of halogens is 2. The maximum Gasteiger partial charge on any atom is 0.307 e. The summed E-state index contributed by atoms with van der Waals surface area (Å²) in [5.41, 5.74) is 0.633. The zero-order valence-electron chi connectivity index (χ0n) is 9.70. The molecule has 0 unspecified atom stereocenters. The molecule has 0 bridgehead atoms. The fourth-order valence-corrected chi connectivity index (χ4v) is 1.30. The molecule has 94 valence electrons. The third-order valence-corrected chi connectivity index (χ3v) is 2.06. The van der Waals surface area contributed by atoms with E-state index in [4.69, 9.17) is 4.74 Å². The van der Waals surface area contributed by atoms with E-state index in [9.17, 15) is 13.6 Å². The van der Waals surface area contributed by atoms with Crippen molar-refractivity contribution >= 4 is 5.78 Å². The van der Waals surface area contributed by atoms with Crippen LogP contribution >= 0.6 is 0 Å². The van der Waals surface area contributed by atoms with E-state index < -0.39 is 11.7 Å². The monoisotopic (exact) mass is 244 g/mol. The van der Waals surface area contributed by atoms with Gasteiger partial charge in [0.05, 0.1) is 6.61 Å². The van der Waals surface area contributed by atoms with Gasteiger partial charge in [-0.05, 0) is 11.6 Å². The first-order chi connectivity index (χ1) is 7.95. The van der Waals surface area contributed by atoms with Gasteiger partial charge in [0.15, 0.2) is 0 Å². The summed E-state index contributed by atoms with van der Waals surface area (Å²) in [6, 6.07) is 6.00. The number of ketones is 1. The van der Waals surface area contributed by atoms with Gasteiger partial charge in [-0.3, -0.25) is 4.79 Å². The number of carbonyl (C=O) groups excluding carboxylic acids is 1. The van der Waals surface area contributed by atoms with E-state index in [2.05, 4.69) is 4.74 Å². The van der Waals surface area contributed by atoms with E-state index in [1.165, 1.54) is 19.2 Å². The Hall–Kier alpha value is -1.33. The molecule has 17 heavy (non-hydrogen) atoms. The summed E-state index contributed by atoms with van der Waals surface area (Å²) in [6.07, 6.45) is 0. The lowest BCUT2D eigenvalue weighted by molar-refractivity contribution is -0.0390. The third kappa shape index (κ3) is 4.20. The highest BCUT2D eigenvalue weighted by Gasteiger charge is 2.33. The maximum atomic E-state index is 12.8. The van der Waals surface area contributed by atoms with Gasteiger partial charge in [0, 0.05) is 19.6 Å². The van der Waals surface area contributed by atoms with E-state index in [0.29, 0.717) is 12.5 Å². The van der Waals surface area contributed by atoms with Crippen molar-refractivity contribution in [2.45, 2.75) is 19.5 Å². The number of benzene rings is 1. The van der Waals surface area contributed by atoms with Crippen LogP contribution in [0.3, 0.4) is 0 Å². The number of carbonyl (C=O) groups is 1. The van der Waals surface area contributed by atoms with E-state index in [1.54, 1.807) is 12.1 Å². The van der Waals surface area contributed by atoms with Gasteiger partial charge in [0.25, 0.3) is 0 Å². The van der Waals surface area contributed by atoms with Crippen LogP contribution in [0, 0.1) is 0 Å². The van der Waals surface area contributed by atoms with Crippen molar-refractivity contribution in [2.75, 3.05) is 13.9 Å². The van der Waals surface area contributed by atoms with Crippen LogP contribution in [-0.4, -0.2) is 25.6 Å². The molecule has 0 aliphatic rings. The summed E-state index contributed by atoms with van der Waals surface area (Å²) in [6.45, 7) is 0.912. The average molecular weight is 244 g/mol. The first kappa shape index (κ1) is 13.7. The predicted octanol–water partition coefficient (Wildman–Crippen LogP) is 2.65. The molecular formula is C12H14F2O3. The van der Waals surface area contributed by atoms with Crippen LogP contribution in [0.1, 0.15) is 22.8 Å². The summed E-state index contributed by atoms with van der Waals surface area (Å²) in [4.78, 5) is 11.3. The lowest BCUT2D eigenvalue weighted by Gasteiger charge is -2.10. The van der Waals surface area contributed by atoms with Crippen molar-refractivity contribution in [1.29, 1.82) is 0 Å². The molecule has 0 amide bonds. The van der Waals surface area contributed by atoms with Gasteiger partial charge in [-0.25, -0.2) is 0 Å². The van der Waals surface area contributed by atoms with Crippen LogP contribution in [0.15, 0.2) is 24.3 Å². The summed E-state index contributed by atoms with van der Waals surface area (Å²) in [5.74, 6) is -4.54. The smallest absolute Gasteiger partial charge is 0.307 e. The van der Waals surface area contributed by atoms with Gasteiger partial charge >= 0.3 is 5.92 Å². The molecule has 0 heterocycles. The summed E-state index contributed by atoms with van der Waals surface area (Å²) in [7, 11) is 1.48. The largest absolute Gasteiger partial charge is 0.359 e. The maximum absolute atomic E-state index is 12.8. The highest BCUT2D eigenvalue weighted by molar-refractivity contribution is 6.01. The number of alkyl halides is 2. The van der Waals surface area contributed by atoms with Gasteiger partial charge in [-0.1, -0.05) is 18.2 Å². The van der Waals surface area contributed by atoms with Crippen LogP contribution in [0.2, 0.25) is 0 Å². The minimum absolute atomic E-state index is 0.0176. The summed E-state index contributed by atoms with van der Waals surface area (Å²) in [5, 5.41) is 0. The van der Waals surface area contributed by atoms with Crippen LogP contribution in [0.4, 0.5) is 8.78 Å². The number of rotatable bonds is 6. The van der Waals surface area contributed by atoms with Gasteiger partial charge in [0.2, 0.25) is 5.78 Å². The average Bonchev–Trinajstić information content (AvgIpc) is 2.28. The second kappa shape index (κ2) is 5.84. The number of methoxy groups -OCH3 is 1. The number of ether oxygens (including phenoxy) is 2. The highest BCUT2D eigenvalue weighted by atomic mass is 19.3. The molecule has 1 aromatic carbocycles. The Morgan fingerprint density at radius 1 is 1.41 bits per heavy atom. The molecule has 0 aromatic heterocycles. The molecule has 0 radical (unpaired) electrons. The topological polar surface area (TPSA) is 35.5 Å². The molecule has 0 saturated carbocycles. The van der Waals surface area contributed by atoms with Crippen LogP contribution in [0.5, 0.6) is 0 Å². The molecule has 0 atom stereocenters. The van der Waals surface area contributed by atoms with E-state index in [-0.39, 0.29) is 19.0 Å². The Morgan fingerprint density at radius 3 is 2.71 bits per heavy atom. The zero-order valence-corrected chi connectivity index (χ0v) is 9.70. The van der Waals surface area contributed by atoms with E-state index in [0.717, 1.165) is 0 Å². The molecule has 3 nitrogen and oxygen atoms in total. The molecule has 0 spiro atoms. The highest BCUT2D eigenvalue weighted by Crippen LogP contribution is 2.20. The minimum Gasteiger partial charge on any atom is -0.359 e. The second-order valence-electron chi connectivity index (χ2n) is 3.67. The number of Topliss-reactive ketones (excluding diaryl/α,β-unsaturated/α-hetero) is 1.